The number of carbonyl (C=O) groups is 2. The third-order valence-corrected chi connectivity index (χ3v) is 4.75. The third-order valence-electron chi connectivity index (χ3n) is 4.75. The number of amides is 2. The quantitative estimate of drug-likeness (QED) is 0.901. The van der Waals surface area contributed by atoms with Gasteiger partial charge in [-0.15, -0.1) is 0 Å². The van der Waals surface area contributed by atoms with Crippen LogP contribution < -0.4 is 10.2 Å². The zero-order valence-corrected chi connectivity index (χ0v) is 14.8. The summed E-state index contributed by atoms with van der Waals surface area (Å²) in [5.41, 5.74) is 3.84. The normalized spacial score (nSPS) is 15.3. The van der Waals surface area contributed by atoms with Gasteiger partial charge in [-0.3, -0.25) is 9.59 Å². The van der Waals surface area contributed by atoms with Crippen molar-refractivity contribution in [3.05, 3.63) is 65.2 Å². The molecule has 2 aromatic rings. The highest BCUT2D eigenvalue weighted by molar-refractivity contribution is 5.97. The smallest absolute Gasteiger partial charge is 0.251 e. The molecule has 0 radical (unpaired) electrons. The van der Waals surface area contributed by atoms with Gasteiger partial charge in [0.15, 0.2) is 0 Å². The molecular formula is C21H24N2O2. The van der Waals surface area contributed by atoms with E-state index in [4.69, 9.17) is 0 Å². The van der Waals surface area contributed by atoms with Crippen molar-refractivity contribution in [2.75, 3.05) is 11.4 Å². The van der Waals surface area contributed by atoms with Gasteiger partial charge in [0.25, 0.3) is 5.91 Å². The first kappa shape index (κ1) is 17.2. The molecule has 25 heavy (non-hydrogen) atoms. The minimum absolute atomic E-state index is 0.0572. The van der Waals surface area contributed by atoms with Gasteiger partial charge in [0.1, 0.15) is 0 Å². The number of carbonyl (C=O) groups excluding carboxylic acids is 2. The maximum Gasteiger partial charge on any atom is 0.251 e. The Morgan fingerprint density at radius 1 is 1.12 bits per heavy atom. The fraction of sp³-hybridized carbons (Fsp3) is 0.333. The van der Waals surface area contributed by atoms with Gasteiger partial charge in [-0.1, -0.05) is 31.2 Å². The maximum absolute atomic E-state index is 12.5. The van der Waals surface area contributed by atoms with Gasteiger partial charge in [0.05, 0.1) is 6.04 Å². The number of benzene rings is 2. The van der Waals surface area contributed by atoms with Gasteiger partial charge in [-0.2, -0.15) is 0 Å². The monoisotopic (exact) mass is 336 g/mol. The Balaban J connectivity index is 1.65. The predicted octanol–water partition coefficient (Wildman–Crippen LogP) is 3.87. The first-order valence-electron chi connectivity index (χ1n) is 8.88. The Morgan fingerprint density at radius 3 is 2.36 bits per heavy atom. The molecule has 1 aliphatic rings. The van der Waals surface area contributed by atoms with Crippen LogP contribution in [0.5, 0.6) is 0 Å². The summed E-state index contributed by atoms with van der Waals surface area (Å²) in [7, 11) is 0. The average Bonchev–Trinajstić information content (AvgIpc) is 3.07. The molecule has 130 valence electrons. The fourth-order valence-corrected chi connectivity index (χ4v) is 3.12. The summed E-state index contributed by atoms with van der Waals surface area (Å²) in [6, 6.07) is 15.5. The van der Waals surface area contributed by atoms with E-state index in [0.29, 0.717) is 12.0 Å². The molecule has 1 aliphatic heterocycles. The first-order chi connectivity index (χ1) is 12.1. The highest BCUT2D eigenvalue weighted by Crippen LogP contribution is 2.22. The summed E-state index contributed by atoms with van der Waals surface area (Å²) in [5.74, 6) is 0.0488. The number of nitrogens with one attached hydrogen (secondary N) is 1. The Kier molecular flexibility index (Phi) is 5.17. The Bertz CT molecular complexity index is 750. The topological polar surface area (TPSA) is 49.4 Å². The van der Waals surface area contributed by atoms with Crippen LogP contribution in [-0.2, 0) is 11.2 Å². The van der Waals surface area contributed by atoms with E-state index in [1.807, 2.05) is 19.1 Å². The lowest BCUT2D eigenvalue weighted by molar-refractivity contribution is -0.117. The number of nitrogens with zero attached hydrogens (tertiary/aromatic N) is 1. The number of anilines is 1. The minimum Gasteiger partial charge on any atom is -0.346 e. The van der Waals surface area contributed by atoms with E-state index < -0.39 is 0 Å². The molecule has 1 N–H and O–H groups in total. The van der Waals surface area contributed by atoms with Gasteiger partial charge in [0.2, 0.25) is 5.91 Å². The second-order valence-corrected chi connectivity index (χ2v) is 6.49. The molecule has 4 heteroatoms. The van der Waals surface area contributed by atoms with Crippen molar-refractivity contribution >= 4 is 17.5 Å². The van der Waals surface area contributed by atoms with E-state index in [-0.39, 0.29) is 17.9 Å². The highest BCUT2D eigenvalue weighted by Gasteiger charge is 2.21. The van der Waals surface area contributed by atoms with Crippen molar-refractivity contribution in [3.8, 4) is 0 Å². The largest absolute Gasteiger partial charge is 0.346 e. The molecule has 1 fully saturated rings. The van der Waals surface area contributed by atoms with E-state index >= 15 is 0 Å². The van der Waals surface area contributed by atoms with Crippen molar-refractivity contribution in [1.82, 2.24) is 5.32 Å². The second-order valence-electron chi connectivity index (χ2n) is 6.49. The van der Waals surface area contributed by atoms with Crippen LogP contribution in [0.25, 0.3) is 0 Å². The molecule has 1 heterocycles. The van der Waals surface area contributed by atoms with Crippen LogP contribution in [-0.4, -0.2) is 18.4 Å². The van der Waals surface area contributed by atoms with Crippen molar-refractivity contribution < 1.29 is 9.59 Å². The third kappa shape index (κ3) is 3.90. The molecule has 2 amide bonds. The average molecular weight is 336 g/mol. The minimum atomic E-state index is -0.105. The Morgan fingerprint density at radius 2 is 1.80 bits per heavy atom. The zero-order valence-electron chi connectivity index (χ0n) is 14.8. The molecule has 0 saturated carbocycles. The predicted molar refractivity (Wildman–Crippen MR) is 99.7 cm³/mol. The molecule has 1 saturated heterocycles. The molecule has 0 unspecified atom stereocenters. The van der Waals surface area contributed by atoms with Crippen LogP contribution in [0.3, 0.4) is 0 Å². The summed E-state index contributed by atoms with van der Waals surface area (Å²) in [5, 5.41) is 3.03. The molecule has 0 bridgehead atoms. The number of hydrogen-bond donors (Lipinski definition) is 1. The molecule has 1 atom stereocenters. The van der Waals surface area contributed by atoms with Crippen molar-refractivity contribution in [1.29, 1.82) is 0 Å². The molecule has 3 rings (SSSR count). The van der Waals surface area contributed by atoms with Gasteiger partial charge >= 0.3 is 0 Å². The lowest BCUT2D eigenvalue weighted by Gasteiger charge is -2.17. The van der Waals surface area contributed by atoms with Crippen LogP contribution in [0.15, 0.2) is 48.5 Å². The first-order valence-corrected chi connectivity index (χ1v) is 8.88. The summed E-state index contributed by atoms with van der Waals surface area (Å²) >= 11 is 0. The highest BCUT2D eigenvalue weighted by atomic mass is 16.2. The second kappa shape index (κ2) is 7.51. The summed E-state index contributed by atoms with van der Waals surface area (Å²) < 4.78 is 0. The van der Waals surface area contributed by atoms with Crippen LogP contribution in [0, 0.1) is 0 Å². The molecule has 2 aromatic carbocycles. The number of rotatable bonds is 5. The van der Waals surface area contributed by atoms with E-state index in [1.54, 1.807) is 17.0 Å². The maximum atomic E-state index is 12.5. The van der Waals surface area contributed by atoms with E-state index in [2.05, 4.69) is 36.5 Å². The van der Waals surface area contributed by atoms with E-state index in [1.165, 1.54) is 5.56 Å². The van der Waals surface area contributed by atoms with Crippen molar-refractivity contribution in [3.63, 3.8) is 0 Å². The van der Waals surface area contributed by atoms with Crippen LogP contribution >= 0.6 is 0 Å². The van der Waals surface area contributed by atoms with Crippen LogP contribution in [0.4, 0.5) is 5.69 Å². The lowest BCUT2D eigenvalue weighted by atomic mass is 10.0. The van der Waals surface area contributed by atoms with Crippen LogP contribution in [0.2, 0.25) is 0 Å². The molecule has 4 nitrogen and oxygen atoms in total. The van der Waals surface area contributed by atoms with Gasteiger partial charge in [0, 0.05) is 24.2 Å². The molecular weight excluding hydrogens is 312 g/mol. The zero-order chi connectivity index (χ0) is 17.8. The molecule has 0 aliphatic carbocycles. The SMILES string of the molecule is CCc1ccc([C@@H](C)NC(=O)c2ccc(N3CCCC3=O)cc2)cc1. The number of hydrogen-bond acceptors (Lipinski definition) is 2. The van der Waals surface area contributed by atoms with Gasteiger partial charge in [-0.25, -0.2) is 0 Å². The fourth-order valence-electron chi connectivity index (χ4n) is 3.12. The Hall–Kier alpha value is -2.62. The van der Waals surface area contributed by atoms with Gasteiger partial charge in [-0.05, 0) is 55.2 Å². The summed E-state index contributed by atoms with van der Waals surface area (Å²) in [4.78, 5) is 26.0. The standard InChI is InChI=1S/C21H24N2O2/c1-3-16-6-8-17(9-7-16)15(2)22-21(25)18-10-12-19(13-11-18)23-14-4-5-20(23)24/h6-13,15H,3-5,14H2,1-2H3,(H,22,25)/t15-/m1/s1. The van der Waals surface area contributed by atoms with E-state index in [0.717, 1.165) is 30.6 Å². The van der Waals surface area contributed by atoms with Crippen LogP contribution in [0.1, 0.15) is 54.2 Å². The molecule has 0 aromatic heterocycles. The molecule has 0 spiro atoms. The van der Waals surface area contributed by atoms with Gasteiger partial charge < -0.3 is 10.2 Å². The van der Waals surface area contributed by atoms with E-state index in [9.17, 15) is 9.59 Å². The van der Waals surface area contributed by atoms with Crippen molar-refractivity contribution in [2.24, 2.45) is 0 Å². The summed E-state index contributed by atoms with van der Waals surface area (Å²) in [6.45, 7) is 4.87. The lowest BCUT2D eigenvalue weighted by Crippen LogP contribution is -2.27. The van der Waals surface area contributed by atoms with Crippen molar-refractivity contribution in [2.45, 2.75) is 39.2 Å². The summed E-state index contributed by atoms with van der Waals surface area (Å²) in [6.07, 6.45) is 2.51. The number of aryl methyl sites for hydroxylation is 1. The Labute approximate surface area is 148 Å².